The van der Waals surface area contributed by atoms with Gasteiger partial charge in [0, 0.05) is 19.1 Å². The molecule has 0 bridgehead atoms. The van der Waals surface area contributed by atoms with Gasteiger partial charge in [-0.15, -0.1) is 0 Å². The number of likely N-dealkylation sites (N-methyl/N-ethyl adjacent to an activating group) is 1. The van der Waals surface area contributed by atoms with E-state index in [0.29, 0.717) is 13.1 Å². The van der Waals surface area contributed by atoms with E-state index in [9.17, 15) is 9.59 Å². The molecule has 0 radical (unpaired) electrons. The van der Waals surface area contributed by atoms with Crippen molar-refractivity contribution in [2.45, 2.75) is 65.6 Å². The lowest BCUT2D eigenvalue weighted by Crippen LogP contribution is -2.54. The van der Waals surface area contributed by atoms with Gasteiger partial charge < -0.3 is 21.7 Å². The molecule has 2 amide bonds. The van der Waals surface area contributed by atoms with Crippen molar-refractivity contribution in [2.24, 2.45) is 11.7 Å². The molecule has 6 heteroatoms. The fourth-order valence-corrected chi connectivity index (χ4v) is 1.99. The highest BCUT2D eigenvalue weighted by Gasteiger charge is 2.25. The summed E-state index contributed by atoms with van der Waals surface area (Å²) in [5.41, 5.74) is 5.91. The van der Waals surface area contributed by atoms with Gasteiger partial charge in [-0.05, 0) is 26.2 Å². The monoisotopic (exact) mass is 300 g/mol. The molecule has 0 spiro atoms. The molecule has 5 N–H and O–H groups in total. The Morgan fingerprint density at radius 2 is 1.71 bits per heavy atom. The lowest BCUT2D eigenvalue weighted by molar-refractivity contribution is -0.130. The number of nitrogens with two attached hydrogens (primary N) is 1. The fraction of sp³-hybridized carbons (Fsp3) is 0.867. The predicted octanol–water partition coefficient (Wildman–Crippen LogP) is 0.369. The number of rotatable bonds is 10. The lowest BCUT2D eigenvalue weighted by atomic mass is 10.0. The zero-order valence-electron chi connectivity index (χ0n) is 14.0. The van der Waals surface area contributed by atoms with Crippen molar-refractivity contribution in [2.75, 3.05) is 13.1 Å². The normalized spacial score (nSPS) is 15.4. The molecule has 124 valence electrons. The van der Waals surface area contributed by atoms with Crippen LogP contribution in [0.5, 0.6) is 0 Å². The van der Waals surface area contributed by atoms with Crippen molar-refractivity contribution in [3.63, 3.8) is 0 Å². The van der Waals surface area contributed by atoms with Crippen LogP contribution in [0.1, 0.15) is 47.5 Å². The van der Waals surface area contributed by atoms with Crippen molar-refractivity contribution in [3.8, 4) is 0 Å². The maximum Gasteiger partial charge on any atom is 0.242 e. The van der Waals surface area contributed by atoms with E-state index in [1.807, 2.05) is 20.8 Å². The van der Waals surface area contributed by atoms with Crippen LogP contribution in [0.3, 0.4) is 0 Å². The van der Waals surface area contributed by atoms with Gasteiger partial charge >= 0.3 is 0 Å². The smallest absolute Gasteiger partial charge is 0.242 e. The van der Waals surface area contributed by atoms with Crippen LogP contribution < -0.4 is 21.7 Å². The SMILES string of the molecule is CCC[C@H](N)CN[C@@H](C)C(=O)N[C@H](C(=O)NCC)C(C)C. The first kappa shape index (κ1) is 19.9. The Morgan fingerprint density at radius 3 is 2.19 bits per heavy atom. The van der Waals surface area contributed by atoms with E-state index in [0.717, 1.165) is 12.8 Å². The first-order valence-electron chi connectivity index (χ1n) is 7.90. The second kappa shape index (κ2) is 10.6. The highest BCUT2D eigenvalue weighted by molar-refractivity contribution is 5.89. The second-order valence-corrected chi connectivity index (χ2v) is 5.80. The summed E-state index contributed by atoms with van der Waals surface area (Å²) >= 11 is 0. The number of carbonyl (C=O) groups excluding carboxylic acids is 2. The van der Waals surface area contributed by atoms with E-state index in [4.69, 9.17) is 5.73 Å². The minimum atomic E-state index is -0.508. The highest BCUT2D eigenvalue weighted by Crippen LogP contribution is 2.02. The third-order valence-electron chi connectivity index (χ3n) is 3.34. The van der Waals surface area contributed by atoms with Gasteiger partial charge in [-0.3, -0.25) is 9.59 Å². The van der Waals surface area contributed by atoms with Crippen molar-refractivity contribution in [1.29, 1.82) is 0 Å². The summed E-state index contributed by atoms with van der Waals surface area (Å²) in [6.45, 7) is 10.7. The number of amides is 2. The van der Waals surface area contributed by atoms with Crippen LogP contribution in [0, 0.1) is 5.92 Å². The quantitative estimate of drug-likeness (QED) is 0.469. The van der Waals surface area contributed by atoms with Crippen molar-refractivity contribution >= 4 is 11.8 Å². The number of nitrogens with one attached hydrogen (secondary N) is 3. The summed E-state index contributed by atoms with van der Waals surface area (Å²) in [7, 11) is 0. The first-order chi connectivity index (χ1) is 9.83. The zero-order chi connectivity index (χ0) is 16.4. The molecule has 0 fully saturated rings. The topological polar surface area (TPSA) is 96.2 Å². The molecule has 21 heavy (non-hydrogen) atoms. The van der Waals surface area contributed by atoms with E-state index < -0.39 is 6.04 Å². The summed E-state index contributed by atoms with van der Waals surface area (Å²) in [5, 5.41) is 8.66. The molecule has 0 saturated heterocycles. The van der Waals surface area contributed by atoms with Crippen LogP contribution in [0.25, 0.3) is 0 Å². The van der Waals surface area contributed by atoms with Gasteiger partial charge in [0.25, 0.3) is 0 Å². The van der Waals surface area contributed by atoms with E-state index in [1.54, 1.807) is 6.92 Å². The Hall–Kier alpha value is -1.14. The molecule has 0 unspecified atom stereocenters. The second-order valence-electron chi connectivity index (χ2n) is 5.80. The number of hydrogen-bond donors (Lipinski definition) is 4. The van der Waals surface area contributed by atoms with Gasteiger partial charge in [0.1, 0.15) is 6.04 Å². The fourth-order valence-electron chi connectivity index (χ4n) is 1.99. The lowest BCUT2D eigenvalue weighted by Gasteiger charge is -2.24. The Labute approximate surface area is 128 Å². The molecule has 6 nitrogen and oxygen atoms in total. The van der Waals surface area contributed by atoms with E-state index in [2.05, 4.69) is 22.9 Å². The molecule has 0 aromatic heterocycles. The molecule has 0 aliphatic carbocycles. The standard InChI is InChI=1S/C15H32N4O2/c1-6-8-12(16)9-18-11(5)14(20)19-13(10(3)4)15(21)17-7-2/h10-13,18H,6-9,16H2,1-5H3,(H,17,21)(H,19,20)/t11-,12-,13-/m0/s1. The van der Waals surface area contributed by atoms with Crippen LogP contribution in [0.2, 0.25) is 0 Å². The van der Waals surface area contributed by atoms with Crippen molar-refractivity contribution in [3.05, 3.63) is 0 Å². The average Bonchev–Trinajstić information content (AvgIpc) is 2.41. The van der Waals surface area contributed by atoms with E-state index >= 15 is 0 Å². The summed E-state index contributed by atoms with van der Waals surface area (Å²) in [6, 6.07) is -0.830. The molecule has 0 rings (SSSR count). The Balaban J connectivity index is 4.38. The van der Waals surface area contributed by atoms with Gasteiger partial charge in [0.15, 0.2) is 0 Å². The molecule has 0 heterocycles. The molecular weight excluding hydrogens is 268 g/mol. The summed E-state index contributed by atoms with van der Waals surface area (Å²) in [5.74, 6) is -0.283. The maximum absolute atomic E-state index is 12.1. The molecule has 0 saturated carbocycles. The maximum atomic E-state index is 12.1. The third kappa shape index (κ3) is 8.02. The third-order valence-corrected chi connectivity index (χ3v) is 3.34. The van der Waals surface area contributed by atoms with Gasteiger partial charge in [0.2, 0.25) is 11.8 Å². The molecule has 0 aromatic rings. The number of carbonyl (C=O) groups is 2. The van der Waals surface area contributed by atoms with Crippen molar-refractivity contribution < 1.29 is 9.59 Å². The molecular formula is C15H32N4O2. The Morgan fingerprint density at radius 1 is 1.10 bits per heavy atom. The average molecular weight is 300 g/mol. The van der Waals surface area contributed by atoms with Gasteiger partial charge in [-0.25, -0.2) is 0 Å². The molecule has 0 aliphatic heterocycles. The van der Waals surface area contributed by atoms with Crippen LogP contribution in [-0.4, -0.2) is 43.0 Å². The largest absolute Gasteiger partial charge is 0.355 e. The molecule has 3 atom stereocenters. The van der Waals surface area contributed by atoms with Crippen LogP contribution >= 0.6 is 0 Å². The Kier molecular flexibility index (Phi) is 9.99. The first-order valence-corrected chi connectivity index (χ1v) is 7.90. The van der Waals surface area contributed by atoms with Gasteiger partial charge in [-0.2, -0.15) is 0 Å². The minimum absolute atomic E-state index is 0.0371. The summed E-state index contributed by atoms with van der Waals surface area (Å²) in [6.07, 6.45) is 1.95. The zero-order valence-corrected chi connectivity index (χ0v) is 14.0. The van der Waals surface area contributed by atoms with E-state index in [-0.39, 0.29) is 29.8 Å². The summed E-state index contributed by atoms with van der Waals surface area (Å²) < 4.78 is 0. The molecule has 0 aromatic carbocycles. The minimum Gasteiger partial charge on any atom is -0.355 e. The van der Waals surface area contributed by atoms with Crippen LogP contribution in [0.4, 0.5) is 0 Å². The van der Waals surface area contributed by atoms with Gasteiger partial charge in [0.05, 0.1) is 6.04 Å². The molecule has 0 aliphatic rings. The highest BCUT2D eigenvalue weighted by atomic mass is 16.2. The van der Waals surface area contributed by atoms with Crippen LogP contribution in [0.15, 0.2) is 0 Å². The van der Waals surface area contributed by atoms with E-state index in [1.165, 1.54) is 0 Å². The van der Waals surface area contributed by atoms with Gasteiger partial charge in [-0.1, -0.05) is 27.2 Å². The van der Waals surface area contributed by atoms with Crippen molar-refractivity contribution in [1.82, 2.24) is 16.0 Å². The number of hydrogen-bond acceptors (Lipinski definition) is 4. The Bertz CT molecular complexity index is 321. The van der Waals surface area contributed by atoms with Crippen LogP contribution in [-0.2, 0) is 9.59 Å². The summed E-state index contributed by atoms with van der Waals surface area (Å²) in [4.78, 5) is 24.1. The predicted molar refractivity (Wildman–Crippen MR) is 85.8 cm³/mol.